The molecule has 21 heavy (non-hydrogen) atoms. The van der Waals surface area contributed by atoms with Crippen molar-refractivity contribution in [2.45, 2.75) is 39.2 Å². The number of amides is 2. The molecule has 1 unspecified atom stereocenters. The molecule has 1 aliphatic heterocycles. The molecule has 1 aromatic carbocycles. The van der Waals surface area contributed by atoms with E-state index in [2.05, 4.69) is 19.2 Å². The van der Waals surface area contributed by atoms with Crippen LogP contribution in [0.3, 0.4) is 0 Å². The number of benzene rings is 1. The first kappa shape index (κ1) is 15.5. The molecule has 0 radical (unpaired) electrons. The Kier molecular flexibility index (Phi) is 5.37. The van der Waals surface area contributed by atoms with Crippen molar-refractivity contribution in [1.29, 1.82) is 0 Å². The smallest absolute Gasteiger partial charge is 0.243 e. The fraction of sp³-hybridized carbons (Fsp3) is 0.529. The summed E-state index contributed by atoms with van der Waals surface area (Å²) < 4.78 is 0. The van der Waals surface area contributed by atoms with Gasteiger partial charge >= 0.3 is 0 Å². The zero-order chi connectivity index (χ0) is 15.2. The maximum atomic E-state index is 12.2. The van der Waals surface area contributed by atoms with E-state index < -0.39 is 0 Å². The summed E-state index contributed by atoms with van der Waals surface area (Å²) in [6, 6.07) is 9.50. The Hall–Kier alpha value is -1.84. The second-order valence-electron chi connectivity index (χ2n) is 5.65. The van der Waals surface area contributed by atoms with Crippen molar-refractivity contribution >= 4 is 11.8 Å². The lowest BCUT2D eigenvalue weighted by Gasteiger charge is -2.37. The third-order valence-corrected chi connectivity index (χ3v) is 4.29. The van der Waals surface area contributed by atoms with E-state index in [4.69, 9.17) is 0 Å². The van der Waals surface area contributed by atoms with Crippen molar-refractivity contribution in [3.63, 3.8) is 0 Å². The summed E-state index contributed by atoms with van der Waals surface area (Å²) in [7, 11) is 0. The number of carbonyl (C=O) groups is 2. The van der Waals surface area contributed by atoms with E-state index in [9.17, 15) is 9.59 Å². The quantitative estimate of drug-likeness (QED) is 0.870. The molecule has 1 aromatic rings. The Morgan fingerprint density at radius 1 is 1.19 bits per heavy atom. The van der Waals surface area contributed by atoms with Gasteiger partial charge in [0, 0.05) is 13.0 Å². The molecular formula is C17H24N2O2. The third kappa shape index (κ3) is 3.84. The number of nitrogens with one attached hydrogen (secondary N) is 1. The first-order valence-corrected chi connectivity index (χ1v) is 7.76. The first-order valence-electron chi connectivity index (χ1n) is 7.76. The minimum atomic E-state index is -0.380. The summed E-state index contributed by atoms with van der Waals surface area (Å²) >= 11 is 0. The molecule has 4 heteroatoms. The predicted octanol–water partition coefficient (Wildman–Crippen LogP) is 1.99. The lowest BCUT2D eigenvalue weighted by Crippen LogP contribution is -2.60. The fourth-order valence-electron chi connectivity index (χ4n) is 2.79. The van der Waals surface area contributed by atoms with Crippen LogP contribution in [0.4, 0.5) is 0 Å². The van der Waals surface area contributed by atoms with E-state index in [1.165, 1.54) is 0 Å². The standard InChI is InChI=1S/C17H24N2O2/c1-3-13(4-2)12-19-15(17(21)18-11-16(19)20)10-14-8-6-5-7-9-14/h5-9,13,15H,3-4,10-12H2,1-2H3,(H,18,21). The zero-order valence-corrected chi connectivity index (χ0v) is 12.8. The van der Waals surface area contributed by atoms with Gasteiger partial charge in [-0.15, -0.1) is 0 Å². The highest BCUT2D eigenvalue weighted by atomic mass is 16.2. The van der Waals surface area contributed by atoms with Gasteiger partial charge < -0.3 is 10.2 Å². The van der Waals surface area contributed by atoms with Gasteiger partial charge in [-0.25, -0.2) is 0 Å². The van der Waals surface area contributed by atoms with Crippen molar-refractivity contribution in [1.82, 2.24) is 10.2 Å². The Labute approximate surface area is 126 Å². The lowest BCUT2D eigenvalue weighted by molar-refractivity contribution is -0.146. The summed E-state index contributed by atoms with van der Waals surface area (Å²) in [4.78, 5) is 26.2. The van der Waals surface area contributed by atoms with Crippen LogP contribution in [0, 0.1) is 5.92 Å². The van der Waals surface area contributed by atoms with Crippen molar-refractivity contribution in [3.8, 4) is 0 Å². The molecule has 114 valence electrons. The van der Waals surface area contributed by atoms with Crippen LogP contribution in [0.15, 0.2) is 30.3 Å². The van der Waals surface area contributed by atoms with E-state index >= 15 is 0 Å². The third-order valence-electron chi connectivity index (χ3n) is 4.29. The molecule has 0 aromatic heterocycles. The summed E-state index contributed by atoms with van der Waals surface area (Å²) in [6.45, 7) is 5.07. The minimum Gasteiger partial charge on any atom is -0.345 e. The predicted molar refractivity (Wildman–Crippen MR) is 82.7 cm³/mol. The van der Waals surface area contributed by atoms with E-state index in [-0.39, 0.29) is 24.4 Å². The molecule has 4 nitrogen and oxygen atoms in total. The Bertz CT molecular complexity index is 483. The largest absolute Gasteiger partial charge is 0.345 e. The molecule has 1 aliphatic rings. The molecule has 1 saturated heterocycles. The molecule has 2 rings (SSSR count). The molecule has 0 aliphatic carbocycles. The van der Waals surface area contributed by atoms with Crippen LogP contribution in [0.2, 0.25) is 0 Å². The average Bonchev–Trinajstić information content (AvgIpc) is 2.52. The number of carbonyl (C=O) groups excluding carboxylic acids is 2. The maximum absolute atomic E-state index is 12.2. The van der Waals surface area contributed by atoms with Crippen LogP contribution in [0.5, 0.6) is 0 Å². The van der Waals surface area contributed by atoms with Gasteiger partial charge in [0.15, 0.2) is 0 Å². The van der Waals surface area contributed by atoms with Gasteiger partial charge in [-0.2, -0.15) is 0 Å². The van der Waals surface area contributed by atoms with Crippen LogP contribution in [-0.4, -0.2) is 35.8 Å². The van der Waals surface area contributed by atoms with E-state index in [1.54, 1.807) is 4.90 Å². The zero-order valence-electron chi connectivity index (χ0n) is 12.8. The molecule has 2 amide bonds. The number of rotatable bonds is 6. The summed E-state index contributed by atoms with van der Waals surface area (Å²) in [5.74, 6) is 0.449. The van der Waals surface area contributed by atoms with Crippen molar-refractivity contribution in [3.05, 3.63) is 35.9 Å². The van der Waals surface area contributed by atoms with Gasteiger partial charge in [0.05, 0.1) is 6.54 Å². The molecule has 0 bridgehead atoms. The van der Waals surface area contributed by atoms with Gasteiger partial charge in [-0.3, -0.25) is 9.59 Å². The van der Waals surface area contributed by atoms with Crippen molar-refractivity contribution in [2.24, 2.45) is 5.92 Å². The van der Waals surface area contributed by atoms with Gasteiger partial charge in [-0.1, -0.05) is 57.0 Å². The van der Waals surface area contributed by atoms with E-state index in [0.29, 0.717) is 18.9 Å². The molecular weight excluding hydrogens is 264 g/mol. The van der Waals surface area contributed by atoms with E-state index in [1.807, 2.05) is 30.3 Å². The number of hydrogen-bond donors (Lipinski definition) is 1. The van der Waals surface area contributed by atoms with Gasteiger partial charge in [-0.05, 0) is 11.5 Å². The molecule has 0 saturated carbocycles. The van der Waals surface area contributed by atoms with E-state index in [0.717, 1.165) is 18.4 Å². The van der Waals surface area contributed by atoms with Crippen LogP contribution in [0.1, 0.15) is 32.3 Å². The summed E-state index contributed by atoms with van der Waals surface area (Å²) in [6.07, 6.45) is 2.64. The summed E-state index contributed by atoms with van der Waals surface area (Å²) in [5.41, 5.74) is 1.09. The fourth-order valence-corrected chi connectivity index (χ4v) is 2.79. The molecule has 1 heterocycles. The molecule has 1 atom stereocenters. The highest BCUT2D eigenvalue weighted by Crippen LogP contribution is 2.17. The Balaban J connectivity index is 2.15. The second-order valence-corrected chi connectivity index (χ2v) is 5.65. The lowest BCUT2D eigenvalue weighted by atomic mass is 9.97. The molecule has 0 spiro atoms. The minimum absolute atomic E-state index is 0.0300. The monoisotopic (exact) mass is 288 g/mol. The Morgan fingerprint density at radius 3 is 2.48 bits per heavy atom. The number of nitrogens with zero attached hydrogens (tertiary/aromatic N) is 1. The van der Waals surface area contributed by atoms with Gasteiger partial charge in [0.2, 0.25) is 11.8 Å². The van der Waals surface area contributed by atoms with Crippen LogP contribution >= 0.6 is 0 Å². The first-order chi connectivity index (χ1) is 10.2. The van der Waals surface area contributed by atoms with Gasteiger partial charge in [0.25, 0.3) is 0 Å². The van der Waals surface area contributed by atoms with Crippen LogP contribution in [-0.2, 0) is 16.0 Å². The van der Waals surface area contributed by atoms with Gasteiger partial charge in [0.1, 0.15) is 6.04 Å². The maximum Gasteiger partial charge on any atom is 0.243 e. The highest BCUT2D eigenvalue weighted by Gasteiger charge is 2.35. The average molecular weight is 288 g/mol. The second kappa shape index (κ2) is 7.25. The topological polar surface area (TPSA) is 49.4 Å². The summed E-state index contributed by atoms with van der Waals surface area (Å²) in [5, 5.41) is 2.71. The molecule has 1 fully saturated rings. The Morgan fingerprint density at radius 2 is 1.86 bits per heavy atom. The van der Waals surface area contributed by atoms with Crippen LogP contribution < -0.4 is 5.32 Å². The molecule has 1 N–H and O–H groups in total. The van der Waals surface area contributed by atoms with Crippen molar-refractivity contribution in [2.75, 3.05) is 13.1 Å². The van der Waals surface area contributed by atoms with Crippen molar-refractivity contribution < 1.29 is 9.59 Å². The number of piperazine rings is 1. The highest BCUT2D eigenvalue weighted by molar-refractivity contribution is 5.95. The van der Waals surface area contributed by atoms with Crippen LogP contribution in [0.25, 0.3) is 0 Å². The number of hydrogen-bond acceptors (Lipinski definition) is 2. The normalized spacial score (nSPS) is 19.0. The SMILES string of the molecule is CCC(CC)CN1C(=O)CNC(=O)C1Cc1ccccc1.